The number of nitrogens with one attached hydrogen (secondary N) is 2. The molecule has 0 radical (unpaired) electrons. The minimum absolute atomic E-state index is 0.774. The lowest BCUT2D eigenvalue weighted by atomic mass is 10.3. The van der Waals surface area contributed by atoms with Gasteiger partial charge in [-0.25, -0.2) is 15.0 Å². The van der Waals surface area contributed by atoms with E-state index in [4.69, 9.17) is 0 Å². The van der Waals surface area contributed by atoms with Crippen molar-refractivity contribution < 1.29 is 0 Å². The average molecular weight is 203 g/mol. The van der Waals surface area contributed by atoms with Gasteiger partial charge in [0.05, 0.1) is 12.0 Å². The molecule has 2 rings (SSSR count). The van der Waals surface area contributed by atoms with E-state index in [9.17, 15) is 0 Å². The molecule has 2 aromatic heterocycles. The predicted molar refractivity (Wildman–Crippen MR) is 56.0 cm³/mol. The van der Waals surface area contributed by atoms with Crippen LogP contribution in [0.1, 0.15) is 11.4 Å². The molecule has 78 valence electrons. The number of aromatic nitrogens is 4. The monoisotopic (exact) mass is 203 g/mol. The number of aromatic amines is 1. The van der Waals surface area contributed by atoms with Crippen LogP contribution >= 0.6 is 0 Å². The minimum Gasteiger partial charge on any atom is -0.348 e. The van der Waals surface area contributed by atoms with Gasteiger partial charge in [-0.15, -0.1) is 0 Å². The van der Waals surface area contributed by atoms with E-state index in [1.165, 1.54) is 0 Å². The van der Waals surface area contributed by atoms with Crippen molar-refractivity contribution >= 4 is 0 Å². The highest BCUT2D eigenvalue weighted by Crippen LogP contribution is 1.92. The molecule has 0 spiro atoms. The molecule has 0 atom stereocenters. The lowest BCUT2D eigenvalue weighted by molar-refractivity contribution is 0.668. The number of nitrogens with zero attached hydrogens (tertiary/aromatic N) is 3. The maximum Gasteiger partial charge on any atom is 0.115 e. The van der Waals surface area contributed by atoms with Crippen molar-refractivity contribution in [3.8, 4) is 0 Å². The molecule has 0 aromatic carbocycles. The molecular weight excluding hydrogens is 190 g/mol. The zero-order chi connectivity index (χ0) is 10.3. The van der Waals surface area contributed by atoms with Crippen molar-refractivity contribution in [3.05, 3.63) is 42.5 Å². The van der Waals surface area contributed by atoms with Crippen LogP contribution in [-0.4, -0.2) is 26.5 Å². The van der Waals surface area contributed by atoms with E-state index in [-0.39, 0.29) is 0 Å². The SMILES string of the molecule is c1cc(CNCCc2cnc[nH]2)ncn1. The number of H-pyrrole nitrogens is 1. The van der Waals surface area contributed by atoms with Gasteiger partial charge in [-0.05, 0) is 6.07 Å². The number of rotatable bonds is 5. The van der Waals surface area contributed by atoms with E-state index < -0.39 is 0 Å². The first-order chi connectivity index (χ1) is 7.45. The van der Waals surface area contributed by atoms with Gasteiger partial charge >= 0.3 is 0 Å². The van der Waals surface area contributed by atoms with Crippen LogP contribution in [0.3, 0.4) is 0 Å². The van der Waals surface area contributed by atoms with E-state index in [0.29, 0.717) is 0 Å². The Morgan fingerprint density at radius 3 is 3.07 bits per heavy atom. The Kier molecular flexibility index (Phi) is 3.40. The van der Waals surface area contributed by atoms with E-state index in [1.54, 1.807) is 18.9 Å². The summed E-state index contributed by atoms with van der Waals surface area (Å²) in [6.07, 6.45) is 7.79. The van der Waals surface area contributed by atoms with Crippen molar-refractivity contribution in [2.45, 2.75) is 13.0 Å². The van der Waals surface area contributed by atoms with Gasteiger partial charge in [-0.2, -0.15) is 0 Å². The van der Waals surface area contributed by atoms with Gasteiger partial charge in [-0.1, -0.05) is 0 Å². The van der Waals surface area contributed by atoms with Crippen molar-refractivity contribution in [1.29, 1.82) is 0 Å². The average Bonchev–Trinajstić information content (AvgIpc) is 2.79. The molecule has 0 unspecified atom stereocenters. The van der Waals surface area contributed by atoms with Crippen LogP contribution in [0.4, 0.5) is 0 Å². The fourth-order valence-corrected chi connectivity index (χ4v) is 1.28. The van der Waals surface area contributed by atoms with Crippen molar-refractivity contribution in [2.24, 2.45) is 0 Å². The summed E-state index contributed by atoms with van der Waals surface area (Å²) in [5, 5.41) is 3.30. The molecule has 15 heavy (non-hydrogen) atoms. The summed E-state index contributed by atoms with van der Waals surface area (Å²) in [6, 6.07) is 1.91. The molecule has 2 heterocycles. The second kappa shape index (κ2) is 5.21. The zero-order valence-corrected chi connectivity index (χ0v) is 8.35. The van der Waals surface area contributed by atoms with Crippen LogP contribution in [0.5, 0.6) is 0 Å². The molecule has 2 N–H and O–H groups in total. The highest BCUT2D eigenvalue weighted by atomic mass is 14.9. The van der Waals surface area contributed by atoms with Gasteiger partial charge in [0, 0.05) is 37.6 Å². The maximum absolute atomic E-state index is 4.12. The normalized spacial score (nSPS) is 10.4. The quantitative estimate of drug-likeness (QED) is 0.696. The Balaban J connectivity index is 1.68. The fraction of sp³-hybridized carbons (Fsp3) is 0.300. The summed E-state index contributed by atoms with van der Waals surface area (Å²) < 4.78 is 0. The van der Waals surface area contributed by atoms with Crippen LogP contribution < -0.4 is 5.32 Å². The Bertz CT molecular complexity index is 370. The zero-order valence-electron chi connectivity index (χ0n) is 8.35. The van der Waals surface area contributed by atoms with E-state index >= 15 is 0 Å². The molecule has 0 aliphatic rings. The van der Waals surface area contributed by atoms with Crippen molar-refractivity contribution in [1.82, 2.24) is 25.3 Å². The molecule has 5 heteroatoms. The molecule has 0 saturated carbocycles. The highest BCUT2D eigenvalue weighted by Gasteiger charge is 1.94. The third-order valence-electron chi connectivity index (χ3n) is 2.08. The van der Waals surface area contributed by atoms with Crippen LogP contribution in [0.25, 0.3) is 0 Å². The van der Waals surface area contributed by atoms with E-state index in [1.807, 2.05) is 12.3 Å². The number of hydrogen-bond acceptors (Lipinski definition) is 4. The molecule has 5 nitrogen and oxygen atoms in total. The number of hydrogen-bond donors (Lipinski definition) is 2. The van der Waals surface area contributed by atoms with Crippen molar-refractivity contribution in [3.63, 3.8) is 0 Å². The second-order valence-electron chi connectivity index (χ2n) is 3.20. The predicted octanol–water partition coefficient (Wildman–Crippen LogP) is 0.532. The van der Waals surface area contributed by atoms with Gasteiger partial charge in [0.25, 0.3) is 0 Å². The first-order valence-corrected chi connectivity index (χ1v) is 4.88. The lowest BCUT2D eigenvalue weighted by Gasteiger charge is -2.02. The van der Waals surface area contributed by atoms with Gasteiger partial charge in [0.2, 0.25) is 0 Å². The fourth-order valence-electron chi connectivity index (χ4n) is 1.28. The largest absolute Gasteiger partial charge is 0.348 e. The third-order valence-corrected chi connectivity index (χ3v) is 2.08. The van der Waals surface area contributed by atoms with Gasteiger partial charge in [0.15, 0.2) is 0 Å². The summed E-state index contributed by atoms with van der Waals surface area (Å²) in [5.41, 5.74) is 2.15. The Hall–Kier alpha value is -1.75. The second-order valence-corrected chi connectivity index (χ2v) is 3.20. The van der Waals surface area contributed by atoms with Crippen LogP contribution in [0.15, 0.2) is 31.1 Å². The Labute approximate surface area is 88.0 Å². The maximum atomic E-state index is 4.12. The first-order valence-electron chi connectivity index (χ1n) is 4.88. The molecular formula is C10H13N5. The van der Waals surface area contributed by atoms with Crippen LogP contribution in [-0.2, 0) is 13.0 Å². The van der Waals surface area contributed by atoms with Gasteiger partial charge in [-0.3, -0.25) is 0 Å². The van der Waals surface area contributed by atoms with E-state index in [0.717, 1.165) is 30.9 Å². The lowest BCUT2D eigenvalue weighted by Crippen LogP contribution is -2.17. The van der Waals surface area contributed by atoms with Crippen molar-refractivity contribution in [2.75, 3.05) is 6.54 Å². The summed E-state index contributed by atoms with van der Waals surface area (Å²) >= 11 is 0. The molecule has 0 saturated heterocycles. The standard InChI is InChI=1S/C10H13N5/c1(10-6-13-8-15-10)3-11-5-9-2-4-12-7-14-9/h2,4,6-8,11H,1,3,5H2,(H,13,15). The van der Waals surface area contributed by atoms with Crippen LogP contribution in [0, 0.1) is 0 Å². The molecule has 0 aliphatic carbocycles. The summed E-state index contributed by atoms with van der Waals surface area (Å²) in [5.74, 6) is 0. The first kappa shape index (κ1) is 9.79. The topological polar surface area (TPSA) is 66.5 Å². The van der Waals surface area contributed by atoms with E-state index in [2.05, 4.69) is 25.3 Å². The molecule has 0 amide bonds. The smallest absolute Gasteiger partial charge is 0.115 e. The van der Waals surface area contributed by atoms with Gasteiger partial charge < -0.3 is 10.3 Å². The molecule has 0 fully saturated rings. The third kappa shape index (κ3) is 3.14. The Morgan fingerprint density at radius 2 is 2.33 bits per heavy atom. The molecule has 0 bridgehead atoms. The number of imidazole rings is 1. The minimum atomic E-state index is 0.774. The molecule has 0 aliphatic heterocycles. The van der Waals surface area contributed by atoms with Gasteiger partial charge in [0.1, 0.15) is 6.33 Å². The summed E-state index contributed by atoms with van der Waals surface area (Å²) in [7, 11) is 0. The summed E-state index contributed by atoms with van der Waals surface area (Å²) in [6.45, 7) is 1.68. The van der Waals surface area contributed by atoms with Crippen LogP contribution in [0.2, 0.25) is 0 Å². The molecule has 2 aromatic rings. The highest BCUT2D eigenvalue weighted by molar-refractivity contribution is 4.98. The summed E-state index contributed by atoms with van der Waals surface area (Å²) in [4.78, 5) is 15.0. The Morgan fingerprint density at radius 1 is 1.33 bits per heavy atom.